The zero-order chi connectivity index (χ0) is 15.9. The fourth-order valence-corrected chi connectivity index (χ4v) is 2.09. The Morgan fingerprint density at radius 2 is 1.50 bits per heavy atom. The summed E-state index contributed by atoms with van der Waals surface area (Å²) in [4.78, 5) is 12.4. The summed E-state index contributed by atoms with van der Waals surface area (Å²) in [7, 11) is 4.66. The van der Waals surface area contributed by atoms with Crippen LogP contribution in [-0.2, 0) is 6.54 Å². The van der Waals surface area contributed by atoms with E-state index in [4.69, 9.17) is 14.2 Å². The van der Waals surface area contributed by atoms with Crippen molar-refractivity contribution in [3.8, 4) is 17.2 Å². The van der Waals surface area contributed by atoms with Gasteiger partial charge < -0.3 is 19.5 Å². The number of carbonyl (C=O) groups is 1. The summed E-state index contributed by atoms with van der Waals surface area (Å²) < 4.78 is 15.6. The van der Waals surface area contributed by atoms with E-state index >= 15 is 0 Å². The van der Waals surface area contributed by atoms with Crippen LogP contribution in [0.4, 0.5) is 0 Å². The fraction of sp³-hybridized carbons (Fsp3) is 0.235. The monoisotopic (exact) mass is 301 g/mol. The minimum Gasteiger partial charge on any atom is -0.497 e. The number of benzene rings is 2. The van der Waals surface area contributed by atoms with Crippen molar-refractivity contribution in [1.82, 2.24) is 5.32 Å². The highest BCUT2D eigenvalue weighted by Gasteiger charge is 2.17. The fourth-order valence-electron chi connectivity index (χ4n) is 2.09. The van der Waals surface area contributed by atoms with Gasteiger partial charge in [-0.15, -0.1) is 0 Å². The molecule has 0 aliphatic rings. The van der Waals surface area contributed by atoms with E-state index in [0.29, 0.717) is 23.6 Å². The average Bonchev–Trinajstić information content (AvgIpc) is 2.59. The lowest BCUT2D eigenvalue weighted by Crippen LogP contribution is -2.24. The highest BCUT2D eigenvalue weighted by atomic mass is 16.5. The molecule has 0 aromatic heterocycles. The Balaban J connectivity index is 2.11. The molecule has 2 rings (SSSR count). The van der Waals surface area contributed by atoms with Gasteiger partial charge in [0.25, 0.3) is 5.91 Å². The average molecular weight is 301 g/mol. The van der Waals surface area contributed by atoms with E-state index in [1.54, 1.807) is 25.3 Å². The summed E-state index contributed by atoms with van der Waals surface area (Å²) >= 11 is 0. The third-order valence-corrected chi connectivity index (χ3v) is 3.27. The van der Waals surface area contributed by atoms with Gasteiger partial charge in [0.2, 0.25) is 0 Å². The number of hydrogen-bond acceptors (Lipinski definition) is 4. The van der Waals surface area contributed by atoms with E-state index < -0.39 is 0 Å². The number of ether oxygens (including phenoxy) is 3. The molecular formula is C17H19NO4. The van der Waals surface area contributed by atoms with Crippen LogP contribution in [0.2, 0.25) is 0 Å². The van der Waals surface area contributed by atoms with Crippen LogP contribution >= 0.6 is 0 Å². The van der Waals surface area contributed by atoms with Gasteiger partial charge in [-0.3, -0.25) is 4.79 Å². The van der Waals surface area contributed by atoms with E-state index in [0.717, 1.165) is 11.3 Å². The van der Waals surface area contributed by atoms with Gasteiger partial charge in [-0.1, -0.05) is 18.2 Å². The quantitative estimate of drug-likeness (QED) is 0.891. The van der Waals surface area contributed by atoms with Gasteiger partial charge in [-0.05, 0) is 29.8 Å². The second kappa shape index (κ2) is 7.36. The second-order valence-electron chi connectivity index (χ2n) is 4.57. The molecule has 0 fully saturated rings. The normalized spacial score (nSPS) is 9.95. The van der Waals surface area contributed by atoms with Crippen molar-refractivity contribution < 1.29 is 19.0 Å². The minimum atomic E-state index is -0.245. The van der Waals surface area contributed by atoms with Gasteiger partial charge in [0.05, 0.1) is 21.3 Å². The van der Waals surface area contributed by atoms with Gasteiger partial charge in [0.15, 0.2) is 0 Å². The molecule has 0 atom stereocenters. The first-order valence-electron chi connectivity index (χ1n) is 6.81. The third kappa shape index (κ3) is 3.49. The first kappa shape index (κ1) is 15.7. The van der Waals surface area contributed by atoms with Crippen molar-refractivity contribution >= 4 is 5.91 Å². The van der Waals surface area contributed by atoms with Crippen LogP contribution in [-0.4, -0.2) is 27.2 Å². The molecule has 0 aliphatic carbocycles. The molecule has 1 amide bonds. The molecule has 0 heterocycles. The zero-order valence-corrected chi connectivity index (χ0v) is 12.9. The summed E-state index contributed by atoms with van der Waals surface area (Å²) in [5, 5.41) is 2.86. The minimum absolute atomic E-state index is 0.245. The molecule has 0 spiro atoms. The number of amides is 1. The summed E-state index contributed by atoms with van der Waals surface area (Å²) in [6, 6.07) is 12.7. The highest BCUT2D eigenvalue weighted by molar-refractivity contribution is 5.99. The largest absolute Gasteiger partial charge is 0.497 e. The summed E-state index contributed by atoms with van der Waals surface area (Å²) in [5.74, 6) is 1.49. The third-order valence-electron chi connectivity index (χ3n) is 3.27. The Labute approximate surface area is 129 Å². The number of methoxy groups -OCH3 is 3. The van der Waals surface area contributed by atoms with E-state index in [9.17, 15) is 4.79 Å². The smallest absolute Gasteiger partial charge is 0.259 e. The Kier molecular flexibility index (Phi) is 5.25. The molecule has 0 bridgehead atoms. The van der Waals surface area contributed by atoms with Crippen LogP contribution in [0.3, 0.4) is 0 Å². The van der Waals surface area contributed by atoms with E-state index in [-0.39, 0.29) is 5.91 Å². The predicted octanol–water partition coefficient (Wildman–Crippen LogP) is 2.64. The van der Waals surface area contributed by atoms with Crippen LogP contribution in [0, 0.1) is 0 Å². The lowest BCUT2D eigenvalue weighted by molar-refractivity contribution is 0.0944. The molecule has 0 saturated carbocycles. The highest BCUT2D eigenvalue weighted by Crippen LogP contribution is 2.28. The maximum Gasteiger partial charge on any atom is 0.259 e. The predicted molar refractivity (Wildman–Crippen MR) is 83.7 cm³/mol. The van der Waals surface area contributed by atoms with Crippen molar-refractivity contribution in [1.29, 1.82) is 0 Å². The molecule has 5 heteroatoms. The Morgan fingerprint density at radius 1 is 0.909 bits per heavy atom. The molecular weight excluding hydrogens is 282 g/mol. The molecule has 2 aromatic rings. The molecule has 0 saturated heterocycles. The first-order chi connectivity index (χ1) is 10.7. The summed E-state index contributed by atoms with van der Waals surface area (Å²) in [6.07, 6.45) is 0. The van der Waals surface area contributed by atoms with Crippen molar-refractivity contribution in [3.63, 3.8) is 0 Å². The van der Waals surface area contributed by atoms with Gasteiger partial charge in [-0.25, -0.2) is 0 Å². The summed E-state index contributed by atoms with van der Waals surface area (Å²) in [5.41, 5.74) is 1.36. The molecule has 116 valence electrons. The standard InChI is InChI=1S/C17H19NO4/c1-20-13-9-7-12(8-10-13)11-18-17(19)16-14(21-2)5-4-6-15(16)22-3/h4-10H,11H2,1-3H3,(H,18,19). The molecule has 1 N–H and O–H groups in total. The zero-order valence-electron chi connectivity index (χ0n) is 12.9. The second-order valence-corrected chi connectivity index (χ2v) is 4.57. The van der Waals surface area contributed by atoms with Crippen LogP contribution in [0.25, 0.3) is 0 Å². The van der Waals surface area contributed by atoms with Crippen LogP contribution < -0.4 is 19.5 Å². The van der Waals surface area contributed by atoms with E-state index in [1.807, 2.05) is 24.3 Å². The molecule has 0 unspecified atom stereocenters. The maximum absolute atomic E-state index is 12.4. The van der Waals surface area contributed by atoms with E-state index in [1.165, 1.54) is 14.2 Å². The van der Waals surface area contributed by atoms with E-state index in [2.05, 4.69) is 5.32 Å². The van der Waals surface area contributed by atoms with Gasteiger partial charge in [0, 0.05) is 6.54 Å². The topological polar surface area (TPSA) is 56.8 Å². The van der Waals surface area contributed by atoms with Gasteiger partial charge >= 0.3 is 0 Å². The Morgan fingerprint density at radius 3 is 2.00 bits per heavy atom. The SMILES string of the molecule is COc1ccc(CNC(=O)c2c(OC)cccc2OC)cc1. The van der Waals surface area contributed by atoms with Crippen molar-refractivity contribution in [2.45, 2.75) is 6.54 Å². The number of nitrogens with one attached hydrogen (secondary N) is 1. The van der Waals surface area contributed by atoms with Crippen molar-refractivity contribution in [2.75, 3.05) is 21.3 Å². The number of rotatable bonds is 6. The van der Waals surface area contributed by atoms with Crippen LogP contribution in [0.15, 0.2) is 42.5 Å². The molecule has 5 nitrogen and oxygen atoms in total. The lowest BCUT2D eigenvalue weighted by Gasteiger charge is -2.13. The van der Waals surface area contributed by atoms with Crippen LogP contribution in [0.5, 0.6) is 17.2 Å². The van der Waals surface area contributed by atoms with Gasteiger partial charge in [0.1, 0.15) is 22.8 Å². The van der Waals surface area contributed by atoms with Crippen LogP contribution in [0.1, 0.15) is 15.9 Å². The maximum atomic E-state index is 12.4. The molecule has 0 radical (unpaired) electrons. The Hall–Kier alpha value is -2.69. The summed E-state index contributed by atoms with van der Waals surface area (Å²) in [6.45, 7) is 0.407. The van der Waals surface area contributed by atoms with Crippen molar-refractivity contribution in [3.05, 3.63) is 53.6 Å². The number of hydrogen-bond donors (Lipinski definition) is 1. The lowest BCUT2D eigenvalue weighted by atomic mass is 10.1. The van der Waals surface area contributed by atoms with Gasteiger partial charge in [-0.2, -0.15) is 0 Å². The number of carbonyl (C=O) groups excluding carboxylic acids is 1. The molecule has 22 heavy (non-hydrogen) atoms. The first-order valence-corrected chi connectivity index (χ1v) is 6.81. The molecule has 0 aliphatic heterocycles. The van der Waals surface area contributed by atoms with Crippen molar-refractivity contribution in [2.24, 2.45) is 0 Å². The Bertz CT molecular complexity index is 615. The molecule has 2 aromatic carbocycles.